The molecule has 25 heavy (non-hydrogen) atoms. The number of H-pyrrole nitrogens is 1. The highest BCUT2D eigenvalue weighted by molar-refractivity contribution is 5.90. The number of ether oxygens (including phenoxy) is 1. The van der Waals surface area contributed by atoms with E-state index in [1.54, 1.807) is 12.4 Å². The van der Waals surface area contributed by atoms with Crippen molar-refractivity contribution in [3.63, 3.8) is 0 Å². The summed E-state index contributed by atoms with van der Waals surface area (Å²) in [5.74, 6) is 1.37. The van der Waals surface area contributed by atoms with Crippen LogP contribution in [0.4, 0.5) is 5.95 Å². The number of imidazole rings is 1. The lowest BCUT2D eigenvalue weighted by Gasteiger charge is -2.23. The molecule has 0 bridgehead atoms. The van der Waals surface area contributed by atoms with E-state index in [1.807, 2.05) is 12.3 Å². The number of anilines is 1. The highest BCUT2D eigenvalue weighted by atomic mass is 16.5. The standard InChI is InChI=1S/C17H22N6O2/c24-16(15-18-6-7-19-15)21-13-2-8-23(11-13)17-20-5-1-14(22-17)12-3-9-25-10-4-12/h1,5-7,12-13H,2-4,8-11H2,(H,18,19)(H,21,24). The number of aromatic nitrogens is 4. The smallest absolute Gasteiger partial charge is 0.287 e. The number of nitrogens with one attached hydrogen (secondary N) is 2. The number of rotatable bonds is 4. The minimum Gasteiger partial charge on any atom is -0.381 e. The summed E-state index contributed by atoms with van der Waals surface area (Å²) < 4.78 is 5.43. The lowest BCUT2D eigenvalue weighted by Crippen LogP contribution is -2.37. The van der Waals surface area contributed by atoms with Gasteiger partial charge in [0.05, 0.1) is 0 Å². The van der Waals surface area contributed by atoms with Crippen LogP contribution in [-0.2, 0) is 4.74 Å². The van der Waals surface area contributed by atoms with Crippen molar-refractivity contribution in [3.05, 3.63) is 36.2 Å². The van der Waals surface area contributed by atoms with Crippen molar-refractivity contribution in [2.75, 3.05) is 31.2 Å². The SMILES string of the molecule is O=C(NC1CCN(c2nccc(C3CCOCC3)n2)C1)c1ncc[nH]1. The molecule has 2 saturated heterocycles. The van der Waals surface area contributed by atoms with Gasteiger partial charge in [0.25, 0.3) is 5.91 Å². The van der Waals surface area contributed by atoms with E-state index < -0.39 is 0 Å². The fourth-order valence-electron chi connectivity index (χ4n) is 3.44. The van der Waals surface area contributed by atoms with Gasteiger partial charge in [-0.2, -0.15) is 0 Å². The second kappa shape index (κ2) is 7.18. The molecule has 1 unspecified atom stereocenters. The van der Waals surface area contributed by atoms with Crippen molar-refractivity contribution < 1.29 is 9.53 Å². The van der Waals surface area contributed by atoms with E-state index in [2.05, 4.69) is 25.2 Å². The molecule has 0 spiro atoms. The largest absolute Gasteiger partial charge is 0.381 e. The van der Waals surface area contributed by atoms with Gasteiger partial charge >= 0.3 is 0 Å². The molecule has 2 aliphatic rings. The van der Waals surface area contributed by atoms with Crippen LogP contribution in [0, 0.1) is 0 Å². The first-order valence-corrected chi connectivity index (χ1v) is 8.75. The van der Waals surface area contributed by atoms with Gasteiger partial charge in [-0.1, -0.05) is 0 Å². The maximum absolute atomic E-state index is 12.1. The molecule has 2 aromatic rings. The normalized spacial score (nSPS) is 21.4. The molecule has 2 aromatic heterocycles. The molecular weight excluding hydrogens is 320 g/mol. The van der Waals surface area contributed by atoms with Crippen molar-refractivity contribution in [3.8, 4) is 0 Å². The van der Waals surface area contributed by atoms with Gasteiger partial charge in [-0.15, -0.1) is 0 Å². The second-order valence-electron chi connectivity index (χ2n) is 6.51. The number of nitrogens with zero attached hydrogens (tertiary/aromatic N) is 4. The molecule has 0 aliphatic carbocycles. The van der Waals surface area contributed by atoms with Crippen molar-refractivity contribution in [1.82, 2.24) is 25.3 Å². The summed E-state index contributed by atoms with van der Waals surface area (Å²) in [4.78, 5) is 30.2. The molecule has 2 N–H and O–H groups in total. The average molecular weight is 342 g/mol. The van der Waals surface area contributed by atoms with Crippen molar-refractivity contribution in [1.29, 1.82) is 0 Å². The molecule has 1 amide bonds. The van der Waals surface area contributed by atoms with Gasteiger partial charge in [-0.3, -0.25) is 4.79 Å². The molecular formula is C17H22N6O2. The van der Waals surface area contributed by atoms with Gasteiger partial charge < -0.3 is 19.9 Å². The van der Waals surface area contributed by atoms with Crippen LogP contribution in [0.5, 0.6) is 0 Å². The quantitative estimate of drug-likeness (QED) is 0.864. The zero-order valence-electron chi connectivity index (χ0n) is 14.0. The van der Waals surface area contributed by atoms with Crippen molar-refractivity contribution >= 4 is 11.9 Å². The number of carbonyl (C=O) groups is 1. The van der Waals surface area contributed by atoms with Crippen LogP contribution in [-0.4, -0.2) is 58.2 Å². The molecule has 4 rings (SSSR count). The highest BCUT2D eigenvalue weighted by Gasteiger charge is 2.27. The van der Waals surface area contributed by atoms with Crippen LogP contribution >= 0.6 is 0 Å². The van der Waals surface area contributed by atoms with Crippen molar-refractivity contribution in [2.45, 2.75) is 31.2 Å². The van der Waals surface area contributed by atoms with E-state index >= 15 is 0 Å². The Labute approximate surface area is 146 Å². The third-order valence-electron chi connectivity index (χ3n) is 4.82. The Morgan fingerprint density at radius 1 is 1.24 bits per heavy atom. The monoisotopic (exact) mass is 342 g/mol. The zero-order valence-corrected chi connectivity index (χ0v) is 14.0. The van der Waals surface area contributed by atoms with Crippen LogP contribution in [0.1, 0.15) is 41.5 Å². The lowest BCUT2D eigenvalue weighted by atomic mass is 9.96. The van der Waals surface area contributed by atoms with Gasteiger partial charge in [0.1, 0.15) is 0 Å². The second-order valence-corrected chi connectivity index (χ2v) is 6.51. The fraction of sp³-hybridized carbons (Fsp3) is 0.529. The van der Waals surface area contributed by atoms with Crippen molar-refractivity contribution in [2.24, 2.45) is 0 Å². The Morgan fingerprint density at radius 2 is 2.12 bits per heavy atom. The Kier molecular flexibility index (Phi) is 4.60. The van der Waals surface area contributed by atoms with Gasteiger partial charge in [0.15, 0.2) is 5.82 Å². The molecule has 2 aliphatic heterocycles. The Balaban J connectivity index is 1.39. The van der Waals surface area contributed by atoms with E-state index in [4.69, 9.17) is 9.72 Å². The van der Waals surface area contributed by atoms with Crippen LogP contribution in [0.25, 0.3) is 0 Å². The van der Waals surface area contributed by atoms with Crippen LogP contribution in [0.2, 0.25) is 0 Å². The number of aromatic amines is 1. The topological polar surface area (TPSA) is 96.0 Å². The first-order chi connectivity index (χ1) is 12.3. The maximum Gasteiger partial charge on any atom is 0.287 e. The molecule has 8 heteroatoms. The Hall–Kier alpha value is -2.48. The molecule has 1 atom stereocenters. The lowest BCUT2D eigenvalue weighted by molar-refractivity contribution is 0.0845. The van der Waals surface area contributed by atoms with E-state index in [9.17, 15) is 4.79 Å². The summed E-state index contributed by atoms with van der Waals surface area (Å²) in [5.41, 5.74) is 1.09. The molecule has 8 nitrogen and oxygen atoms in total. The number of carbonyl (C=O) groups excluding carboxylic acids is 1. The summed E-state index contributed by atoms with van der Waals surface area (Å²) in [6.45, 7) is 3.15. The summed E-state index contributed by atoms with van der Waals surface area (Å²) in [6.07, 6.45) is 7.95. The summed E-state index contributed by atoms with van der Waals surface area (Å²) in [5, 5.41) is 3.01. The van der Waals surface area contributed by atoms with Crippen LogP contribution < -0.4 is 10.2 Å². The minimum absolute atomic E-state index is 0.0768. The molecule has 132 valence electrons. The Morgan fingerprint density at radius 3 is 2.92 bits per heavy atom. The predicted octanol–water partition coefficient (Wildman–Crippen LogP) is 1.10. The van der Waals surface area contributed by atoms with Gasteiger partial charge in [-0.05, 0) is 25.3 Å². The van der Waals surface area contributed by atoms with E-state index in [0.717, 1.165) is 50.7 Å². The summed E-state index contributed by atoms with van der Waals surface area (Å²) in [6, 6.07) is 2.08. The average Bonchev–Trinajstić information content (AvgIpc) is 3.35. The number of hydrogen-bond acceptors (Lipinski definition) is 6. The summed E-state index contributed by atoms with van der Waals surface area (Å²) >= 11 is 0. The minimum atomic E-state index is -0.172. The zero-order chi connectivity index (χ0) is 17.1. The molecule has 0 radical (unpaired) electrons. The first kappa shape index (κ1) is 16.0. The van der Waals surface area contributed by atoms with Gasteiger partial charge in [-0.25, -0.2) is 15.0 Å². The Bertz CT molecular complexity index is 714. The highest BCUT2D eigenvalue weighted by Crippen LogP contribution is 2.26. The maximum atomic E-state index is 12.1. The number of amides is 1. The van der Waals surface area contributed by atoms with E-state index in [-0.39, 0.29) is 11.9 Å². The fourth-order valence-corrected chi connectivity index (χ4v) is 3.44. The molecule has 0 aromatic carbocycles. The molecule has 4 heterocycles. The third-order valence-corrected chi connectivity index (χ3v) is 4.82. The van der Waals surface area contributed by atoms with Crippen LogP contribution in [0.15, 0.2) is 24.7 Å². The summed E-state index contributed by atoms with van der Waals surface area (Å²) in [7, 11) is 0. The van der Waals surface area contributed by atoms with Gasteiger partial charge in [0, 0.05) is 62.5 Å². The molecule has 0 saturated carbocycles. The number of hydrogen-bond donors (Lipinski definition) is 2. The van der Waals surface area contributed by atoms with Gasteiger partial charge in [0.2, 0.25) is 5.95 Å². The first-order valence-electron chi connectivity index (χ1n) is 8.75. The van der Waals surface area contributed by atoms with Crippen LogP contribution in [0.3, 0.4) is 0 Å². The van der Waals surface area contributed by atoms with E-state index in [1.165, 1.54) is 0 Å². The molecule has 2 fully saturated rings. The predicted molar refractivity (Wildman–Crippen MR) is 91.5 cm³/mol. The third kappa shape index (κ3) is 3.63. The van der Waals surface area contributed by atoms with E-state index in [0.29, 0.717) is 18.3 Å².